The SMILES string of the molecule is CC(C)C(C)CNCC1(N)CCCCC1. The molecule has 0 aromatic rings. The number of nitrogens with one attached hydrogen (secondary N) is 1. The Kier molecular flexibility index (Phi) is 5.07. The second kappa shape index (κ2) is 5.86. The molecule has 0 radical (unpaired) electrons. The van der Waals surface area contributed by atoms with Crippen molar-refractivity contribution >= 4 is 0 Å². The molecule has 0 bridgehead atoms. The molecule has 0 saturated heterocycles. The molecule has 1 rings (SSSR count). The lowest BCUT2D eigenvalue weighted by molar-refractivity contribution is 0.272. The summed E-state index contributed by atoms with van der Waals surface area (Å²) in [6, 6.07) is 0. The van der Waals surface area contributed by atoms with Gasteiger partial charge in [-0.3, -0.25) is 0 Å². The summed E-state index contributed by atoms with van der Waals surface area (Å²) < 4.78 is 0. The highest BCUT2D eigenvalue weighted by atomic mass is 14.9. The third-order valence-electron chi connectivity index (χ3n) is 3.93. The summed E-state index contributed by atoms with van der Waals surface area (Å²) in [4.78, 5) is 0. The second-order valence-electron chi connectivity index (χ2n) is 5.78. The van der Waals surface area contributed by atoms with Crippen molar-refractivity contribution in [3.05, 3.63) is 0 Å². The standard InChI is InChI=1S/C13H28N2/c1-11(2)12(3)9-15-10-13(14)7-5-4-6-8-13/h11-12,15H,4-10,14H2,1-3H3. The zero-order valence-electron chi connectivity index (χ0n) is 10.7. The molecule has 0 aromatic heterocycles. The predicted octanol–water partition coefficient (Wildman–Crippen LogP) is 2.53. The van der Waals surface area contributed by atoms with Crippen molar-refractivity contribution in [2.45, 2.75) is 58.4 Å². The Labute approximate surface area is 95.0 Å². The molecule has 0 aromatic carbocycles. The lowest BCUT2D eigenvalue weighted by Gasteiger charge is -2.34. The minimum atomic E-state index is 0.0922. The van der Waals surface area contributed by atoms with Gasteiger partial charge in [-0.2, -0.15) is 0 Å². The molecule has 1 atom stereocenters. The lowest BCUT2D eigenvalue weighted by Crippen LogP contribution is -2.50. The molecule has 15 heavy (non-hydrogen) atoms. The third kappa shape index (κ3) is 4.52. The Hall–Kier alpha value is -0.0800. The lowest BCUT2D eigenvalue weighted by atomic mass is 9.82. The molecule has 0 spiro atoms. The molecule has 1 fully saturated rings. The van der Waals surface area contributed by atoms with E-state index in [1.807, 2.05) is 0 Å². The van der Waals surface area contributed by atoms with Gasteiger partial charge in [0.25, 0.3) is 0 Å². The van der Waals surface area contributed by atoms with Crippen molar-refractivity contribution < 1.29 is 0 Å². The van der Waals surface area contributed by atoms with Crippen LogP contribution in [0.1, 0.15) is 52.9 Å². The maximum atomic E-state index is 6.36. The number of nitrogens with two attached hydrogens (primary N) is 1. The Bertz CT molecular complexity index is 171. The largest absolute Gasteiger partial charge is 0.324 e. The monoisotopic (exact) mass is 212 g/mol. The van der Waals surface area contributed by atoms with E-state index in [9.17, 15) is 0 Å². The molecule has 1 unspecified atom stereocenters. The molecule has 2 heteroatoms. The molecule has 1 aliphatic rings. The van der Waals surface area contributed by atoms with E-state index in [1.165, 1.54) is 32.1 Å². The summed E-state index contributed by atoms with van der Waals surface area (Å²) >= 11 is 0. The molecule has 0 aliphatic heterocycles. The second-order valence-corrected chi connectivity index (χ2v) is 5.78. The molecule has 0 heterocycles. The van der Waals surface area contributed by atoms with E-state index >= 15 is 0 Å². The van der Waals surface area contributed by atoms with Crippen LogP contribution >= 0.6 is 0 Å². The fraction of sp³-hybridized carbons (Fsp3) is 1.00. The topological polar surface area (TPSA) is 38.0 Å². The predicted molar refractivity (Wildman–Crippen MR) is 66.9 cm³/mol. The van der Waals surface area contributed by atoms with Crippen LogP contribution in [0, 0.1) is 11.8 Å². The van der Waals surface area contributed by atoms with Gasteiger partial charge >= 0.3 is 0 Å². The minimum absolute atomic E-state index is 0.0922. The number of rotatable bonds is 5. The van der Waals surface area contributed by atoms with Crippen LogP contribution in [0.2, 0.25) is 0 Å². The molecule has 1 saturated carbocycles. The summed E-state index contributed by atoms with van der Waals surface area (Å²) in [6.45, 7) is 8.98. The fourth-order valence-corrected chi connectivity index (χ4v) is 2.22. The highest BCUT2D eigenvalue weighted by Crippen LogP contribution is 2.25. The molecule has 1 aliphatic carbocycles. The Balaban J connectivity index is 2.18. The van der Waals surface area contributed by atoms with Crippen LogP contribution in [0.15, 0.2) is 0 Å². The molecular formula is C13H28N2. The van der Waals surface area contributed by atoms with Crippen LogP contribution in [0.3, 0.4) is 0 Å². The summed E-state index contributed by atoms with van der Waals surface area (Å²) in [5.74, 6) is 1.51. The van der Waals surface area contributed by atoms with Crippen molar-refractivity contribution in [3.8, 4) is 0 Å². The Morgan fingerprint density at radius 2 is 1.73 bits per heavy atom. The maximum Gasteiger partial charge on any atom is 0.0280 e. The first-order valence-corrected chi connectivity index (χ1v) is 6.53. The van der Waals surface area contributed by atoms with Gasteiger partial charge in [0.1, 0.15) is 0 Å². The number of hydrogen-bond donors (Lipinski definition) is 2. The van der Waals surface area contributed by atoms with Crippen molar-refractivity contribution in [1.82, 2.24) is 5.32 Å². The smallest absolute Gasteiger partial charge is 0.0280 e. The van der Waals surface area contributed by atoms with Gasteiger partial charge in [-0.05, 0) is 31.2 Å². The quantitative estimate of drug-likeness (QED) is 0.735. The van der Waals surface area contributed by atoms with Gasteiger partial charge in [0.2, 0.25) is 0 Å². The Morgan fingerprint density at radius 3 is 2.27 bits per heavy atom. The highest BCUT2D eigenvalue weighted by Gasteiger charge is 2.26. The van der Waals surface area contributed by atoms with E-state index in [0.717, 1.165) is 24.9 Å². The molecular weight excluding hydrogens is 184 g/mol. The third-order valence-corrected chi connectivity index (χ3v) is 3.93. The summed E-state index contributed by atoms with van der Waals surface area (Å²) in [5, 5.41) is 3.55. The van der Waals surface area contributed by atoms with Crippen molar-refractivity contribution in [2.24, 2.45) is 17.6 Å². The summed E-state index contributed by atoms with van der Waals surface area (Å²) in [7, 11) is 0. The normalized spacial score (nSPS) is 23.0. The first-order valence-electron chi connectivity index (χ1n) is 6.53. The average Bonchev–Trinajstić information content (AvgIpc) is 2.18. The van der Waals surface area contributed by atoms with Gasteiger partial charge < -0.3 is 11.1 Å². The van der Waals surface area contributed by atoms with Gasteiger partial charge in [-0.25, -0.2) is 0 Å². The zero-order valence-corrected chi connectivity index (χ0v) is 10.7. The van der Waals surface area contributed by atoms with E-state index < -0.39 is 0 Å². The molecule has 90 valence electrons. The van der Waals surface area contributed by atoms with E-state index in [4.69, 9.17) is 5.73 Å². The Morgan fingerprint density at radius 1 is 1.13 bits per heavy atom. The van der Waals surface area contributed by atoms with E-state index in [2.05, 4.69) is 26.1 Å². The summed E-state index contributed by atoms with van der Waals surface area (Å²) in [6.07, 6.45) is 6.42. The highest BCUT2D eigenvalue weighted by molar-refractivity contribution is 4.89. The van der Waals surface area contributed by atoms with Gasteiger partial charge in [-0.1, -0.05) is 40.0 Å². The van der Waals surface area contributed by atoms with Gasteiger partial charge in [0.15, 0.2) is 0 Å². The molecule has 3 N–H and O–H groups in total. The summed E-state index contributed by atoms with van der Waals surface area (Å²) in [5.41, 5.74) is 6.45. The minimum Gasteiger partial charge on any atom is -0.324 e. The van der Waals surface area contributed by atoms with Crippen molar-refractivity contribution in [3.63, 3.8) is 0 Å². The molecule has 2 nitrogen and oxygen atoms in total. The van der Waals surface area contributed by atoms with Gasteiger partial charge in [0.05, 0.1) is 0 Å². The van der Waals surface area contributed by atoms with Crippen LogP contribution in [0.25, 0.3) is 0 Å². The van der Waals surface area contributed by atoms with Crippen LogP contribution in [0.5, 0.6) is 0 Å². The van der Waals surface area contributed by atoms with Crippen LogP contribution in [-0.2, 0) is 0 Å². The fourth-order valence-electron chi connectivity index (χ4n) is 2.22. The zero-order chi connectivity index (χ0) is 11.3. The van der Waals surface area contributed by atoms with E-state index in [0.29, 0.717) is 0 Å². The van der Waals surface area contributed by atoms with Gasteiger partial charge in [-0.15, -0.1) is 0 Å². The first kappa shape index (κ1) is 13.0. The maximum absolute atomic E-state index is 6.36. The number of hydrogen-bond acceptors (Lipinski definition) is 2. The van der Waals surface area contributed by atoms with E-state index in [-0.39, 0.29) is 5.54 Å². The first-order chi connectivity index (χ1) is 7.03. The van der Waals surface area contributed by atoms with E-state index in [1.54, 1.807) is 0 Å². The van der Waals surface area contributed by atoms with Crippen LogP contribution in [0.4, 0.5) is 0 Å². The van der Waals surface area contributed by atoms with Crippen LogP contribution in [-0.4, -0.2) is 18.6 Å². The van der Waals surface area contributed by atoms with Crippen LogP contribution < -0.4 is 11.1 Å². The van der Waals surface area contributed by atoms with Crippen molar-refractivity contribution in [2.75, 3.05) is 13.1 Å². The average molecular weight is 212 g/mol. The van der Waals surface area contributed by atoms with Crippen molar-refractivity contribution in [1.29, 1.82) is 0 Å². The molecule has 0 amide bonds. The van der Waals surface area contributed by atoms with Gasteiger partial charge in [0, 0.05) is 12.1 Å².